The number of hydrogen-bond donors (Lipinski definition) is 0. The Morgan fingerprint density at radius 2 is 2.27 bits per heavy atom. The number of rotatable bonds is 4. The summed E-state index contributed by atoms with van der Waals surface area (Å²) in [5, 5.41) is 0.634. The van der Waals surface area contributed by atoms with E-state index < -0.39 is 0 Å². The van der Waals surface area contributed by atoms with Gasteiger partial charge in [-0.05, 0) is 37.5 Å². The first kappa shape index (κ1) is 10.5. The Morgan fingerprint density at radius 3 is 2.93 bits per heavy atom. The van der Waals surface area contributed by atoms with Crippen LogP contribution in [-0.4, -0.2) is 12.4 Å². The number of carbonyl (C=O) groups excluding carboxylic acids is 1. The Bertz CT molecular complexity index is 383. The zero-order valence-electron chi connectivity index (χ0n) is 8.63. The fourth-order valence-electron chi connectivity index (χ4n) is 1.40. The van der Waals surface area contributed by atoms with E-state index in [4.69, 9.17) is 16.3 Å². The van der Waals surface area contributed by atoms with Crippen LogP contribution in [0.5, 0.6) is 5.75 Å². The summed E-state index contributed by atoms with van der Waals surface area (Å²) in [7, 11) is 0. The van der Waals surface area contributed by atoms with Gasteiger partial charge in [-0.25, -0.2) is 0 Å². The normalized spacial score (nSPS) is 15.1. The summed E-state index contributed by atoms with van der Waals surface area (Å²) in [6, 6.07) is 5.45. The summed E-state index contributed by atoms with van der Waals surface area (Å²) in [6.45, 7) is 2.11. The molecule has 0 N–H and O–H groups in total. The van der Waals surface area contributed by atoms with Crippen LogP contribution < -0.4 is 4.74 Å². The van der Waals surface area contributed by atoms with Crippen molar-refractivity contribution in [2.45, 2.75) is 19.8 Å². The third-order valence-corrected chi connectivity index (χ3v) is 2.79. The minimum absolute atomic E-state index is 0.172. The molecule has 2 nitrogen and oxygen atoms in total. The van der Waals surface area contributed by atoms with Crippen molar-refractivity contribution in [2.75, 3.05) is 6.61 Å². The Labute approximate surface area is 94.2 Å². The van der Waals surface area contributed by atoms with Crippen molar-refractivity contribution in [1.82, 2.24) is 0 Å². The lowest BCUT2D eigenvalue weighted by molar-refractivity contribution is -0.122. The lowest BCUT2D eigenvalue weighted by Gasteiger charge is -2.08. The van der Waals surface area contributed by atoms with Crippen LogP contribution in [0.1, 0.15) is 18.4 Å². The second kappa shape index (κ2) is 4.23. The third kappa shape index (κ3) is 2.72. The van der Waals surface area contributed by atoms with E-state index in [-0.39, 0.29) is 18.3 Å². The first-order chi connectivity index (χ1) is 7.16. The molecule has 1 aliphatic rings. The van der Waals surface area contributed by atoms with Crippen LogP contribution in [0, 0.1) is 12.8 Å². The molecule has 0 saturated heterocycles. The SMILES string of the molecule is Cc1ccc(Cl)cc1OCC(=O)C1CC1. The van der Waals surface area contributed by atoms with Crippen molar-refractivity contribution in [1.29, 1.82) is 0 Å². The van der Waals surface area contributed by atoms with Crippen molar-refractivity contribution in [3.8, 4) is 5.75 Å². The molecule has 1 saturated carbocycles. The van der Waals surface area contributed by atoms with Gasteiger partial charge in [0, 0.05) is 10.9 Å². The molecule has 1 fully saturated rings. The molecule has 2 rings (SSSR count). The molecule has 0 aliphatic heterocycles. The lowest BCUT2D eigenvalue weighted by atomic mass is 10.2. The summed E-state index contributed by atoms with van der Waals surface area (Å²) >= 11 is 5.84. The molecule has 0 atom stereocenters. The predicted molar refractivity (Wildman–Crippen MR) is 59.4 cm³/mol. The van der Waals surface area contributed by atoms with E-state index in [0.29, 0.717) is 10.8 Å². The van der Waals surface area contributed by atoms with Gasteiger partial charge < -0.3 is 4.74 Å². The first-order valence-corrected chi connectivity index (χ1v) is 5.46. The molecule has 0 aromatic heterocycles. The molecule has 1 aliphatic carbocycles. The highest BCUT2D eigenvalue weighted by molar-refractivity contribution is 6.30. The molecule has 0 unspecified atom stereocenters. The second-order valence-corrected chi connectivity index (χ2v) is 4.38. The molecule has 0 radical (unpaired) electrons. The van der Waals surface area contributed by atoms with Gasteiger partial charge in [-0.3, -0.25) is 4.79 Å². The number of carbonyl (C=O) groups is 1. The van der Waals surface area contributed by atoms with Crippen molar-refractivity contribution < 1.29 is 9.53 Å². The van der Waals surface area contributed by atoms with Crippen LogP contribution in [0.2, 0.25) is 5.02 Å². The summed E-state index contributed by atoms with van der Waals surface area (Å²) in [4.78, 5) is 11.4. The smallest absolute Gasteiger partial charge is 0.173 e. The molecule has 0 amide bonds. The second-order valence-electron chi connectivity index (χ2n) is 3.94. The Kier molecular flexibility index (Phi) is 2.96. The number of aryl methyl sites for hydroxylation is 1. The van der Waals surface area contributed by atoms with Crippen LogP contribution in [0.3, 0.4) is 0 Å². The van der Waals surface area contributed by atoms with Gasteiger partial charge in [0.05, 0.1) is 0 Å². The lowest BCUT2D eigenvalue weighted by Crippen LogP contribution is -2.13. The maximum atomic E-state index is 11.4. The molecule has 1 aromatic carbocycles. The van der Waals surface area contributed by atoms with Gasteiger partial charge in [-0.2, -0.15) is 0 Å². The van der Waals surface area contributed by atoms with E-state index in [0.717, 1.165) is 18.4 Å². The topological polar surface area (TPSA) is 26.3 Å². The fraction of sp³-hybridized carbons (Fsp3) is 0.417. The Morgan fingerprint density at radius 1 is 1.53 bits per heavy atom. The maximum absolute atomic E-state index is 11.4. The van der Waals surface area contributed by atoms with Crippen LogP contribution in [-0.2, 0) is 4.79 Å². The fourth-order valence-corrected chi connectivity index (χ4v) is 1.56. The minimum Gasteiger partial charge on any atom is -0.486 e. The van der Waals surface area contributed by atoms with Crippen molar-refractivity contribution in [3.63, 3.8) is 0 Å². The largest absolute Gasteiger partial charge is 0.486 e. The number of ketones is 1. The first-order valence-electron chi connectivity index (χ1n) is 5.08. The summed E-state index contributed by atoms with van der Waals surface area (Å²) in [5.41, 5.74) is 1.00. The molecular formula is C12H13ClO2. The van der Waals surface area contributed by atoms with Crippen LogP contribution in [0.15, 0.2) is 18.2 Å². The molecular weight excluding hydrogens is 212 g/mol. The van der Waals surface area contributed by atoms with Crippen molar-refractivity contribution in [2.24, 2.45) is 5.92 Å². The standard InChI is InChI=1S/C12H13ClO2/c1-8-2-5-10(13)6-12(8)15-7-11(14)9-3-4-9/h2,5-6,9H,3-4,7H2,1H3. The van der Waals surface area contributed by atoms with E-state index in [1.54, 1.807) is 6.07 Å². The van der Waals surface area contributed by atoms with E-state index in [2.05, 4.69) is 0 Å². The maximum Gasteiger partial charge on any atom is 0.173 e. The highest BCUT2D eigenvalue weighted by Crippen LogP contribution is 2.30. The summed E-state index contributed by atoms with van der Waals surface area (Å²) in [5.74, 6) is 1.16. The molecule has 0 heterocycles. The quantitative estimate of drug-likeness (QED) is 0.786. The third-order valence-electron chi connectivity index (χ3n) is 2.55. The Hall–Kier alpha value is -1.02. The number of hydrogen-bond acceptors (Lipinski definition) is 2. The summed E-state index contributed by atoms with van der Waals surface area (Å²) < 4.78 is 5.45. The van der Waals surface area contributed by atoms with Gasteiger partial charge in [0.25, 0.3) is 0 Å². The monoisotopic (exact) mass is 224 g/mol. The molecule has 1 aromatic rings. The van der Waals surface area contributed by atoms with Crippen molar-refractivity contribution >= 4 is 17.4 Å². The highest BCUT2D eigenvalue weighted by atomic mass is 35.5. The van der Waals surface area contributed by atoms with Gasteiger partial charge in [0.1, 0.15) is 12.4 Å². The average Bonchev–Trinajstić information content (AvgIpc) is 3.02. The van der Waals surface area contributed by atoms with Gasteiger partial charge >= 0.3 is 0 Å². The summed E-state index contributed by atoms with van der Waals surface area (Å²) in [6.07, 6.45) is 2.05. The van der Waals surface area contributed by atoms with Crippen molar-refractivity contribution in [3.05, 3.63) is 28.8 Å². The minimum atomic E-state index is 0.172. The van der Waals surface area contributed by atoms with Gasteiger partial charge in [0.2, 0.25) is 0 Å². The van der Waals surface area contributed by atoms with Crippen LogP contribution in [0.4, 0.5) is 0 Å². The van der Waals surface area contributed by atoms with E-state index in [1.165, 1.54) is 0 Å². The van der Waals surface area contributed by atoms with Crippen LogP contribution >= 0.6 is 11.6 Å². The number of ether oxygens (including phenoxy) is 1. The zero-order chi connectivity index (χ0) is 10.8. The zero-order valence-corrected chi connectivity index (χ0v) is 9.38. The Balaban J connectivity index is 1.97. The molecule has 3 heteroatoms. The van der Waals surface area contributed by atoms with E-state index >= 15 is 0 Å². The van der Waals surface area contributed by atoms with Gasteiger partial charge in [-0.15, -0.1) is 0 Å². The number of halogens is 1. The highest BCUT2D eigenvalue weighted by Gasteiger charge is 2.29. The average molecular weight is 225 g/mol. The molecule has 0 spiro atoms. The molecule has 0 bridgehead atoms. The molecule has 80 valence electrons. The van der Waals surface area contributed by atoms with E-state index in [9.17, 15) is 4.79 Å². The molecule has 15 heavy (non-hydrogen) atoms. The van der Waals surface area contributed by atoms with E-state index in [1.807, 2.05) is 19.1 Å². The number of Topliss-reactive ketones (excluding diaryl/α,β-unsaturated/α-hetero) is 1. The van der Waals surface area contributed by atoms with Crippen LogP contribution in [0.25, 0.3) is 0 Å². The predicted octanol–water partition coefficient (Wildman–Crippen LogP) is 3.01. The number of benzene rings is 1. The van der Waals surface area contributed by atoms with Gasteiger partial charge in [0.15, 0.2) is 5.78 Å². The van der Waals surface area contributed by atoms with Gasteiger partial charge in [-0.1, -0.05) is 17.7 Å².